The molecule has 50 heavy (non-hydrogen) atoms. The molecule has 0 bridgehead atoms. The Hall–Kier alpha value is -6.64. The van der Waals surface area contributed by atoms with E-state index < -0.39 is 0 Å². The molecule has 10 rings (SSSR count). The minimum absolute atomic E-state index is 1.16. The number of nitrogens with zero attached hydrogens (tertiary/aromatic N) is 2. The minimum Gasteiger partial charge on any atom is -0.309 e. The SMILES string of the molecule is c1ccc(-c2ccc(-n3c4ccccc4c4cc5c(cc43)c3ccccc3n5-c3ccccc3-c3cccc(-c4ccccc4)c3)cc2)cc1. The number of benzene rings is 8. The van der Waals surface area contributed by atoms with Crippen LogP contribution in [0.25, 0.3) is 88.4 Å². The van der Waals surface area contributed by atoms with Gasteiger partial charge in [0, 0.05) is 32.8 Å². The molecule has 0 unspecified atom stereocenters. The first-order chi connectivity index (χ1) is 24.8. The Morgan fingerprint density at radius 3 is 1.42 bits per heavy atom. The van der Waals surface area contributed by atoms with Crippen molar-refractivity contribution < 1.29 is 0 Å². The third kappa shape index (κ3) is 4.50. The third-order valence-corrected chi connectivity index (χ3v) is 10.1. The number of hydrogen-bond donors (Lipinski definition) is 0. The average molecular weight is 637 g/mol. The van der Waals surface area contributed by atoms with Gasteiger partial charge in [-0.05, 0) is 76.3 Å². The Balaban J connectivity index is 1.21. The van der Waals surface area contributed by atoms with E-state index in [-0.39, 0.29) is 0 Å². The molecular formula is C48H32N2. The molecule has 2 aromatic heterocycles. The van der Waals surface area contributed by atoms with Crippen molar-refractivity contribution in [2.45, 2.75) is 0 Å². The zero-order chi connectivity index (χ0) is 33.0. The first-order valence-corrected chi connectivity index (χ1v) is 17.2. The van der Waals surface area contributed by atoms with Crippen LogP contribution in [0.2, 0.25) is 0 Å². The maximum absolute atomic E-state index is 2.47. The Morgan fingerprint density at radius 1 is 0.260 bits per heavy atom. The van der Waals surface area contributed by atoms with Gasteiger partial charge in [0.15, 0.2) is 0 Å². The van der Waals surface area contributed by atoms with Crippen molar-refractivity contribution in [1.82, 2.24) is 9.13 Å². The van der Waals surface area contributed by atoms with E-state index in [0.29, 0.717) is 0 Å². The lowest BCUT2D eigenvalue weighted by atomic mass is 9.98. The van der Waals surface area contributed by atoms with Gasteiger partial charge >= 0.3 is 0 Å². The molecule has 2 heterocycles. The molecule has 10 aromatic rings. The molecule has 0 saturated heterocycles. The summed E-state index contributed by atoms with van der Waals surface area (Å²) < 4.78 is 4.89. The molecular weight excluding hydrogens is 605 g/mol. The molecule has 0 fully saturated rings. The Morgan fingerprint density at radius 2 is 0.740 bits per heavy atom. The second-order valence-corrected chi connectivity index (χ2v) is 13.0. The average Bonchev–Trinajstić information content (AvgIpc) is 3.70. The zero-order valence-electron chi connectivity index (χ0n) is 27.4. The van der Waals surface area contributed by atoms with Crippen LogP contribution in [0.1, 0.15) is 0 Å². The third-order valence-electron chi connectivity index (χ3n) is 10.1. The van der Waals surface area contributed by atoms with E-state index in [0.717, 1.165) is 5.69 Å². The van der Waals surface area contributed by atoms with E-state index in [9.17, 15) is 0 Å². The molecule has 0 aliphatic rings. The van der Waals surface area contributed by atoms with Crippen LogP contribution in [0.3, 0.4) is 0 Å². The van der Waals surface area contributed by atoms with E-state index in [4.69, 9.17) is 0 Å². The summed E-state index contributed by atoms with van der Waals surface area (Å²) in [5, 5.41) is 4.98. The van der Waals surface area contributed by atoms with Crippen LogP contribution in [0.4, 0.5) is 0 Å². The van der Waals surface area contributed by atoms with Crippen LogP contribution in [-0.2, 0) is 0 Å². The van der Waals surface area contributed by atoms with Gasteiger partial charge in [-0.15, -0.1) is 0 Å². The van der Waals surface area contributed by atoms with Gasteiger partial charge in [-0.2, -0.15) is 0 Å². The summed E-state index contributed by atoms with van der Waals surface area (Å²) in [5.74, 6) is 0. The van der Waals surface area contributed by atoms with E-state index in [1.165, 1.54) is 82.7 Å². The van der Waals surface area contributed by atoms with Gasteiger partial charge < -0.3 is 9.13 Å². The Kier molecular flexibility index (Phi) is 6.53. The predicted octanol–water partition coefficient (Wildman–Crippen LogP) is 12.9. The normalized spacial score (nSPS) is 11.6. The van der Waals surface area contributed by atoms with E-state index in [1.54, 1.807) is 0 Å². The maximum atomic E-state index is 2.47. The van der Waals surface area contributed by atoms with Crippen molar-refractivity contribution in [2.75, 3.05) is 0 Å². The highest BCUT2D eigenvalue weighted by molar-refractivity contribution is 6.19. The molecule has 0 aliphatic heterocycles. The first kappa shape index (κ1) is 28.4. The van der Waals surface area contributed by atoms with Crippen molar-refractivity contribution >= 4 is 43.6 Å². The van der Waals surface area contributed by atoms with Crippen LogP contribution in [0, 0.1) is 0 Å². The van der Waals surface area contributed by atoms with Gasteiger partial charge in [-0.1, -0.05) is 146 Å². The molecule has 0 aliphatic carbocycles. The predicted molar refractivity (Wildman–Crippen MR) is 211 cm³/mol. The second kappa shape index (κ2) is 11.5. The van der Waals surface area contributed by atoms with E-state index in [2.05, 4.69) is 203 Å². The Bertz CT molecular complexity index is 2840. The largest absolute Gasteiger partial charge is 0.309 e. The lowest BCUT2D eigenvalue weighted by molar-refractivity contribution is 1.18. The van der Waals surface area contributed by atoms with E-state index >= 15 is 0 Å². The summed E-state index contributed by atoms with van der Waals surface area (Å²) in [4.78, 5) is 0. The molecule has 2 heteroatoms. The van der Waals surface area contributed by atoms with Gasteiger partial charge in [0.2, 0.25) is 0 Å². The fourth-order valence-corrected chi connectivity index (χ4v) is 7.81. The number of aromatic nitrogens is 2. The van der Waals surface area contributed by atoms with E-state index in [1.807, 2.05) is 0 Å². The molecule has 0 spiro atoms. The molecule has 0 saturated carbocycles. The van der Waals surface area contributed by atoms with Crippen LogP contribution in [-0.4, -0.2) is 9.13 Å². The molecule has 2 nitrogen and oxygen atoms in total. The number of fused-ring (bicyclic) bond motifs is 6. The van der Waals surface area contributed by atoms with Crippen molar-refractivity contribution in [3.8, 4) is 44.8 Å². The molecule has 0 atom stereocenters. The van der Waals surface area contributed by atoms with Crippen LogP contribution in [0.15, 0.2) is 194 Å². The van der Waals surface area contributed by atoms with Crippen LogP contribution < -0.4 is 0 Å². The van der Waals surface area contributed by atoms with Crippen molar-refractivity contribution in [3.05, 3.63) is 194 Å². The smallest absolute Gasteiger partial charge is 0.0549 e. The van der Waals surface area contributed by atoms with Crippen LogP contribution in [0.5, 0.6) is 0 Å². The summed E-state index contributed by atoms with van der Waals surface area (Å²) in [6, 6.07) is 70.4. The number of rotatable bonds is 5. The Labute approximate surface area is 290 Å². The summed E-state index contributed by atoms with van der Waals surface area (Å²) in [7, 11) is 0. The molecule has 234 valence electrons. The van der Waals surface area contributed by atoms with Crippen molar-refractivity contribution in [1.29, 1.82) is 0 Å². The zero-order valence-corrected chi connectivity index (χ0v) is 27.4. The van der Waals surface area contributed by atoms with Crippen molar-refractivity contribution in [2.24, 2.45) is 0 Å². The van der Waals surface area contributed by atoms with Gasteiger partial charge in [0.25, 0.3) is 0 Å². The highest BCUT2D eigenvalue weighted by Gasteiger charge is 2.20. The molecule has 8 aromatic carbocycles. The monoisotopic (exact) mass is 636 g/mol. The van der Waals surface area contributed by atoms with Crippen molar-refractivity contribution in [3.63, 3.8) is 0 Å². The number of para-hydroxylation sites is 3. The fourth-order valence-electron chi connectivity index (χ4n) is 7.81. The highest BCUT2D eigenvalue weighted by atomic mass is 15.0. The lowest BCUT2D eigenvalue weighted by Gasteiger charge is -2.15. The fraction of sp³-hybridized carbons (Fsp3) is 0. The summed E-state index contributed by atoms with van der Waals surface area (Å²) in [6.07, 6.45) is 0. The standard InChI is InChI=1S/C48H32N2/c1-3-14-33(15-4-1)35-26-28-38(29-27-35)49-45-24-11-8-21-40(45)42-32-48-43(31-47(42)49)41-22-9-12-25-46(41)50(48)44-23-10-7-20-39(44)37-19-13-18-36(30-37)34-16-5-2-6-17-34/h1-32H. The summed E-state index contributed by atoms with van der Waals surface area (Å²) in [6.45, 7) is 0. The van der Waals surface area contributed by atoms with Gasteiger partial charge in [-0.3, -0.25) is 0 Å². The molecule has 0 radical (unpaired) electrons. The minimum atomic E-state index is 1.16. The topological polar surface area (TPSA) is 9.86 Å². The molecule has 0 amide bonds. The maximum Gasteiger partial charge on any atom is 0.0549 e. The molecule has 0 N–H and O–H groups in total. The van der Waals surface area contributed by atoms with Gasteiger partial charge in [-0.25, -0.2) is 0 Å². The second-order valence-electron chi connectivity index (χ2n) is 13.0. The quantitative estimate of drug-likeness (QED) is 0.178. The van der Waals surface area contributed by atoms with Crippen LogP contribution >= 0.6 is 0 Å². The first-order valence-electron chi connectivity index (χ1n) is 17.2. The highest BCUT2D eigenvalue weighted by Crippen LogP contribution is 2.41. The number of hydrogen-bond acceptors (Lipinski definition) is 0. The summed E-state index contributed by atoms with van der Waals surface area (Å²) in [5.41, 5.74) is 14.4. The van der Waals surface area contributed by atoms with Gasteiger partial charge in [0.05, 0.1) is 27.8 Å². The summed E-state index contributed by atoms with van der Waals surface area (Å²) >= 11 is 0. The lowest BCUT2D eigenvalue weighted by Crippen LogP contribution is -1.97. The van der Waals surface area contributed by atoms with Gasteiger partial charge in [0.1, 0.15) is 0 Å².